The summed E-state index contributed by atoms with van der Waals surface area (Å²) in [5, 5.41) is 0. The van der Waals surface area contributed by atoms with Crippen molar-refractivity contribution in [2.75, 3.05) is 7.11 Å². The van der Waals surface area contributed by atoms with Crippen molar-refractivity contribution in [3.8, 4) is 0 Å². The van der Waals surface area contributed by atoms with E-state index in [9.17, 15) is 4.79 Å². The van der Waals surface area contributed by atoms with Gasteiger partial charge in [-0.05, 0) is 39.0 Å². The largest absolute Gasteiger partial charge is 0.466 e. The molecule has 0 spiro atoms. The molecular weight excluding hydrogens is 267 g/mol. The van der Waals surface area contributed by atoms with Crippen molar-refractivity contribution in [2.45, 2.75) is 32.6 Å². The van der Waals surface area contributed by atoms with Crippen molar-refractivity contribution in [1.82, 2.24) is 0 Å². The molecule has 70 valence electrons. The van der Waals surface area contributed by atoms with E-state index in [-0.39, 0.29) is 5.97 Å². The molecular formula is C9H15IO2. The summed E-state index contributed by atoms with van der Waals surface area (Å²) in [7, 11) is 1.40. The Morgan fingerprint density at radius 2 is 2.17 bits per heavy atom. The second kappa shape index (κ2) is 7.58. The Kier molecular flexibility index (Phi) is 7.54. The first-order valence-corrected chi connectivity index (χ1v) is 5.22. The Bertz CT molecular complexity index is 164. The SMILES string of the molecule is CCCCC/C(I)=C/C(=O)OC. The summed E-state index contributed by atoms with van der Waals surface area (Å²) in [6.45, 7) is 2.16. The van der Waals surface area contributed by atoms with Crippen LogP contribution >= 0.6 is 22.6 Å². The van der Waals surface area contributed by atoms with Gasteiger partial charge in [0.2, 0.25) is 0 Å². The molecule has 0 atom stereocenters. The van der Waals surface area contributed by atoms with Gasteiger partial charge >= 0.3 is 5.97 Å². The van der Waals surface area contributed by atoms with Crippen LogP contribution in [-0.2, 0) is 9.53 Å². The fourth-order valence-corrected chi connectivity index (χ4v) is 1.44. The number of esters is 1. The molecule has 0 bridgehead atoms. The number of carbonyl (C=O) groups is 1. The van der Waals surface area contributed by atoms with Crippen LogP contribution in [0, 0.1) is 0 Å². The number of ether oxygens (including phenoxy) is 1. The van der Waals surface area contributed by atoms with E-state index >= 15 is 0 Å². The highest BCUT2D eigenvalue weighted by Gasteiger charge is 1.97. The number of methoxy groups -OCH3 is 1. The van der Waals surface area contributed by atoms with Gasteiger partial charge in [0, 0.05) is 6.08 Å². The Morgan fingerprint density at radius 3 is 2.67 bits per heavy atom. The van der Waals surface area contributed by atoms with Gasteiger partial charge in [-0.1, -0.05) is 19.8 Å². The number of unbranched alkanes of at least 4 members (excludes halogenated alkanes) is 2. The standard InChI is InChI=1S/C9H15IO2/c1-3-4-5-6-8(10)7-9(11)12-2/h7H,3-6H2,1-2H3/b8-7-. The third-order valence-electron chi connectivity index (χ3n) is 1.49. The van der Waals surface area contributed by atoms with Crippen LogP contribution in [0.4, 0.5) is 0 Å². The average Bonchev–Trinajstić information content (AvgIpc) is 2.05. The third kappa shape index (κ3) is 6.64. The first-order valence-electron chi connectivity index (χ1n) is 4.14. The Balaban J connectivity index is 3.62. The first-order chi connectivity index (χ1) is 5.70. The molecule has 0 amide bonds. The maximum absolute atomic E-state index is 10.8. The minimum Gasteiger partial charge on any atom is -0.466 e. The van der Waals surface area contributed by atoms with Crippen LogP contribution in [0.1, 0.15) is 32.6 Å². The zero-order valence-electron chi connectivity index (χ0n) is 7.60. The minimum atomic E-state index is -0.254. The predicted molar refractivity (Wildman–Crippen MR) is 58.3 cm³/mol. The molecule has 3 heteroatoms. The van der Waals surface area contributed by atoms with Gasteiger partial charge in [0.25, 0.3) is 0 Å². The lowest BCUT2D eigenvalue weighted by molar-refractivity contribution is -0.134. The molecule has 0 aromatic carbocycles. The van der Waals surface area contributed by atoms with E-state index in [1.54, 1.807) is 6.08 Å². The summed E-state index contributed by atoms with van der Waals surface area (Å²) in [6.07, 6.45) is 6.13. The van der Waals surface area contributed by atoms with Gasteiger partial charge in [-0.25, -0.2) is 4.79 Å². The van der Waals surface area contributed by atoms with Crippen molar-refractivity contribution in [3.63, 3.8) is 0 Å². The molecule has 0 saturated carbocycles. The summed E-state index contributed by atoms with van der Waals surface area (Å²) in [5.74, 6) is -0.254. The highest BCUT2D eigenvalue weighted by atomic mass is 127. The third-order valence-corrected chi connectivity index (χ3v) is 2.35. The number of allylic oxidation sites excluding steroid dienone is 1. The second-order valence-electron chi connectivity index (χ2n) is 2.57. The van der Waals surface area contributed by atoms with Crippen molar-refractivity contribution >= 4 is 28.6 Å². The van der Waals surface area contributed by atoms with Crippen molar-refractivity contribution < 1.29 is 9.53 Å². The maximum Gasteiger partial charge on any atom is 0.331 e. The normalized spacial score (nSPS) is 11.4. The first kappa shape index (κ1) is 11.9. The smallest absolute Gasteiger partial charge is 0.331 e. The summed E-state index contributed by atoms with van der Waals surface area (Å²) < 4.78 is 5.58. The monoisotopic (exact) mass is 282 g/mol. The molecule has 0 aliphatic rings. The molecule has 0 fully saturated rings. The number of hydrogen-bond acceptors (Lipinski definition) is 2. The lowest BCUT2D eigenvalue weighted by atomic mass is 10.2. The van der Waals surface area contributed by atoms with Crippen molar-refractivity contribution in [2.24, 2.45) is 0 Å². The fraction of sp³-hybridized carbons (Fsp3) is 0.667. The average molecular weight is 282 g/mol. The van der Waals surface area contributed by atoms with E-state index in [0.717, 1.165) is 16.4 Å². The Hall–Kier alpha value is -0.0600. The van der Waals surface area contributed by atoms with Crippen LogP contribution in [0.3, 0.4) is 0 Å². The quantitative estimate of drug-likeness (QED) is 0.335. The van der Waals surface area contributed by atoms with Gasteiger partial charge in [0.15, 0.2) is 0 Å². The Morgan fingerprint density at radius 1 is 1.50 bits per heavy atom. The van der Waals surface area contributed by atoms with Crippen LogP contribution < -0.4 is 0 Å². The molecule has 2 nitrogen and oxygen atoms in total. The lowest BCUT2D eigenvalue weighted by Crippen LogP contribution is -1.94. The highest BCUT2D eigenvalue weighted by Crippen LogP contribution is 2.15. The molecule has 0 heterocycles. The molecule has 0 unspecified atom stereocenters. The fourth-order valence-electron chi connectivity index (χ4n) is 0.803. The van der Waals surface area contributed by atoms with E-state index in [0.29, 0.717) is 0 Å². The number of hydrogen-bond donors (Lipinski definition) is 0. The predicted octanol–water partition coefficient (Wildman–Crippen LogP) is 3.06. The van der Waals surface area contributed by atoms with E-state index in [2.05, 4.69) is 34.3 Å². The van der Waals surface area contributed by atoms with Crippen LogP contribution in [-0.4, -0.2) is 13.1 Å². The molecule has 0 aliphatic carbocycles. The van der Waals surface area contributed by atoms with Crippen LogP contribution in [0.2, 0.25) is 0 Å². The topological polar surface area (TPSA) is 26.3 Å². The molecule has 12 heavy (non-hydrogen) atoms. The van der Waals surface area contributed by atoms with Gasteiger partial charge in [0.05, 0.1) is 7.11 Å². The zero-order valence-corrected chi connectivity index (χ0v) is 9.76. The zero-order chi connectivity index (χ0) is 9.40. The molecule has 0 aromatic rings. The van der Waals surface area contributed by atoms with Crippen molar-refractivity contribution in [1.29, 1.82) is 0 Å². The number of rotatable bonds is 5. The lowest BCUT2D eigenvalue weighted by Gasteiger charge is -1.97. The molecule has 0 aliphatic heterocycles. The van der Waals surface area contributed by atoms with E-state index < -0.39 is 0 Å². The number of halogens is 1. The molecule has 0 aromatic heterocycles. The molecule has 0 rings (SSSR count). The van der Waals surface area contributed by atoms with E-state index in [4.69, 9.17) is 0 Å². The summed E-state index contributed by atoms with van der Waals surface area (Å²) >= 11 is 2.18. The number of carbonyl (C=O) groups excluding carboxylic acids is 1. The molecule has 0 N–H and O–H groups in total. The van der Waals surface area contributed by atoms with Gasteiger partial charge in [-0.15, -0.1) is 0 Å². The van der Waals surface area contributed by atoms with E-state index in [1.807, 2.05) is 0 Å². The highest BCUT2D eigenvalue weighted by molar-refractivity contribution is 14.1. The maximum atomic E-state index is 10.8. The van der Waals surface area contributed by atoms with Gasteiger partial charge in [-0.3, -0.25) is 0 Å². The molecule has 0 radical (unpaired) electrons. The van der Waals surface area contributed by atoms with Gasteiger partial charge in [0.1, 0.15) is 0 Å². The van der Waals surface area contributed by atoms with Gasteiger partial charge in [-0.2, -0.15) is 0 Å². The second-order valence-corrected chi connectivity index (χ2v) is 3.96. The van der Waals surface area contributed by atoms with E-state index in [1.165, 1.54) is 20.0 Å². The minimum absolute atomic E-state index is 0.254. The van der Waals surface area contributed by atoms with Crippen LogP contribution in [0.15, 0.2) is 9.66 Å². The van der Waals surface area contributed by atoms with Crippen LogP contribution in [0.5, 0.6) is 0 Å². The van der Waals surface area contributed by atoms with Crippen molar-refractivity contribution in [3.05, 3.63) is 9.66 Å². The van der Waals surface area contributed by atoms with Gasteiger partial charge < -0.3 is 4.74 Å². The molecule has 0 saturated heterocycles. The van der Waals surface area contributed by atoms with Crippen LogP contribution in [0.25, 0.3) is 0 Å². The summed E-state index contributed by atoms with van der Waals surface area (Å²) in [4.78, 5) is 10.8. The summed E-state index contributed by atoms with van der Waals surface area (Å²) in [5.41, 5.74) is 0. The Labute approximate surface area is 87.5 Å². The summed E-state index contributed by atoms with van der Waals surface area (Å²) in [6, 6.07) is 0.